The normalized spacial score (nSPS) is 15.0. The van der Waals surface area contributed by atoms with Crippen LogP contribution in [0, 0.1) is 6.92 Å². The first-order chi connectivity index (χ1) is 12.6. The van der Waals surface area contributed by atoms with Gasteiger partial charge in [-0.3, -0.25) is 14.5 Å². The second-order valence-corrected chi connectivity index (χ2v) is 6.59. The van der Waals surface area contributed by atoms with Crippen molar-refractivity contribution in [2.24, 2.45) is 0 Å². The van der Waals surface area contributed by atoms with Gasteiger partial charge in [0.05, 0.1) is 25.0 Å². The minimum Gasteiger partial charge on any atom is -0.469 e. The van der Waals surface area contributed by atoms with Crippen molar-refractivity contribution in [3.63, 3.8) is 0 Å². The van der Waals surface area contributed by atoms with Gasteiger partial charge in [0.2, 0.25) is 5.91 Å². The number of hydrogen-bond acceptors (Lipinski definition) is 5. The van der Waals surface area contributed by atoms with E-state index in [0.29, 0.717) is 37.4 Å². The highest BCUT2D eigenvalue weighted by atomic mass is 16.5. The van der Waals surface area contributed by atoms with Crippen LogP contribution in [0.15, 0.2) is 16.7 Å². The highest BCUT2D eigenvalue weighted by Crippen LogP contribution is 2.12. The van der Waals surface area contributed by atoms with Crippen LogP contribution in [0.3, 0.4) is 0 Å². The predicted octanol–water partition coefficient (Wildman–Crippen LogP) is 1.67. The molecule has 146 valence electrons. The first-order valence-corrected chi connectivity index (χ1v) is 9.52. The third-order valence-electron chi connectivity index (χ3n) is 4.56. The largest absolute Gasteiger partial charge is 0.469 e. The molecule has 2 rings (SSSR count). The molecule has 0 bridgehead atoms. The Balaban J connectivity index is 1.68. The summed E-state index contributed by atoms with van der Waals surface area (Å²) in [5, 5.41) is 2.95. The third-order valence-corrected chi connectivity index (χ3v) is 4.56. The predicted molar refractivity (Wildman–Crippen MR) is 99.1 cm³/mol. The number of nitrogens with one attached hydrogen (secondary N) is 1. The molecule has 0 spiro atoms. The smallest absolute Gasteiger partial charge is 0.257 e. The molecule has 26 heavy (non-hydrogen) atoms. The summed E-state index contributed by atoms with van der Waals surface area (Å²) in [6, 6.07) is 1.69. The van der Waals surface area contributed by atoms with E-state index in [2.05, 4.69) is 10.2 Å². The first kappa shape index (κ1) is 20.5. The molecule has 1 fully saturated rings. The molecule has 0 atom stereocenters. The van der Waals surface area contributed by atoms with Crippen LogP contribution < -0.4 is 5.32 Å². The quantitative estimate of drug-likeness (QED) is 0.639. The lowest BCUT2D eigenvalue weighted by atomic mass is 10.2. The topological polar surface area (TPSA) is 75.0 Å². The Hall–Kier alpha value is -1.86. The van der Waals surface area contributed by atoms with Gasteiger partial charge in [-0.2, -0.15) is 0 Å². The molecule has 1 aromatic rings. The Bertz CT molecular complexity index is 567. The van der Waals surface area contributed by atoms with Gasteiger partial charge < -0.3 is 19.4 Å². The van der Waals surface area contributed by atoms with E-state index in [9.17, 15) is 9.59 Å². The molecular weight excluding hydrogens is 334 g/mol. The van der Waals surface area contributed by atoms with Gasteiger partial charge in [-0.25, -0.2) is 0 Å². The Kier molecular flexibility index (Phi) is 8.64. The number of rotatable bonds is 10. The van der Waals surface area contributed by atoms with Gasteiger partial charge in [0, 0.05) is 39.1 Å². The van der Waals surface area contributed by atoms with Crippen molar-refractivity contribution < 1.29 is 18.7 Å². The SMILES string of the molecule is CCCN(CCC(=O)NCCCN1CCOCC1)C(=O)c1ccoc1C. The monoisotopic (exact) mass is 365 g/mol. The summed E-state index contributed by atoms with van der Waals surface area (Å²) in [5.74, 6) is 0.534. The van der Waals surface area contributed by atoms with E-state index in [-0.39, 0.29) is 11.8 Å². The van der Waals surface area contributed by atoms with Crippen LogP contribution in [0.1, 0.15) is 42.3 Å². The van der Waals surface area contributed by atoms with Crippen LogP contribution in [0.2, 0.25) is 0 Å². The molecule has 1 N–H and O–H groups in total. The van der Waals surface area contributed by atoms with E-state index in [1.165, 1.54) is 6.26 Å². The Labute approximate surface area is 155 Å². The second-order valence-electron chi connectivity index (χ2n) is 6.59. The summed E-state index contributed by atoms with van der Waals surface area (Å²) in [5.41, 5.74) is 0.573. The zero-order valence-corrected chi connectivity index (χ0v) is 16.0. The molecule has 0 unspecified atom stereocenters. The molecule has 2 heterocycles. The minimum atomic E-state index is -0.0711. The van der Waals surface area contributed by atoms with Crippen molar-refractivity contribution >= 4 is 11.8 Å². The summed E-state index contributed by atoms with van der Waals surface area (Å²) in [6.07, 6.45) is 3.62. The lowest BCUT2D eigenvalue weighted by Crippen LogP contribution is -2.38. The number of aryl methyl sites for hydroxylation is 1. The average Bonchev–Trinajstić information content (AvgIpc) is 3.08. The maximum atomic E-state index is 12.6. The molecule has 7 nitrogen and oxygen atoms in total. The number of furan rings is 1. The molecule has 7 heteroatoms. The van der Waals surface area contributed by atoms with Crippen molar-refractivity contribution in [1.29, 1.82) is 0 Å². The second kappa shape index (κ2) is 11.0. The fraction of sp³-hybridized carbons (Fsp3) is 0.684. The molecule has 0 saturated carbocycles. The van der Waals surface area contributed by atoms with Crippen molar-refractivity contribution in [3.8, 4) is 0 Å². The van der Waals surface area contributed by atoms with Crippen LogP contribution in [0.5, 0.6) is 0 Å². The molecule has 1 aromatic heterocycles. The van der Waals surface area contributed by atoms with E-state index >= 15 is 0 Å². The molecule has 1 saturated heterocycles. The number of carbonyl (C=O) groups excluding carboxylic acids is 2. The van der Waals surface area contributed by atoms with Gasteiger partial charge in [-0.15, -0.1) is 0 Å². The summed E-state index contributed by atoms with van der Waals surface area (Å²) in [4.78, 5) is 28.7. The van der Waals surface area contributed by atoms with Gasteiger partial charge in [0.25, 0.3) is 5.91 Å². The lowest BCUT2D eigenvalue weighted by molar-refractivity contribution is -0.121. The molecule has 0 aromatic carbocycles. The van der Waals surface area contributed by atoms with E-state index in [0.717, 1.165) is 45.7 Å². The standard InChI is InChI=1S/C19H31N3O4/c1-3-8-22(19(24)17-6-13-26-16(17)2)10-5-18(23)20-7-4-9-21-11-14-25-15-12-21/h6,13H,3-5,7-12,14-15H2,1-2H3,(H,20,23). The lowest BCUT2D eigenvalue weighted by Gasteiger charge is -2.26. The summed E-state index contributed by atoms with van der Waals surface area (Å²) in [6.45, 7) is 10.0. The molecule has 0 radical (unpaired) electrons. The van der Waals surface area contributed by atoms with Crippen LogP contribution >= 0.6 is 0 Å². The van der Waals surface area contributed by atoms with Gasteiger partial charge in [0.1, 0.15) is 5.76 Å². The van der Waals surface area contributed by atoms with E-state index in [1.807, 2.05) is 6.92 Å². The van der Waals surface area contributed by atoms with Gasteiger partial charge in [-0.05, 0) is 32.4 Å². The van der Waals surface area contributed by atoms with Gasteiger partial charge in [0.15, 0.2) is 0 Å². The summed E-state index contributed by atoms with van der Waals surface area (Å²) >= 11 is 0. The van der Waals surface area contributed by atoms with Crippen molar-refractivity contribution in [2.75, 3.05) is 52.5 Å². The number of nitrogens with zero attached hydrogens (tertiary/aromatic N) is 2. The number of ether oxygens (including phenoxy) is 1. The Morgan fingerprint density at radius 3 is 2.69 bits per heavy atom. The van der Waals surface area contributed by atoms with Crippen molar-refractivity contribution in [1.82, 2.24) is 15.1 Å². The van der Waals surface area contributed by atoms with Crippen LogP contribution in [-0.2, 0) is 9.53 Å². The molecule has 1 aliphatic heterocycles. The zero-order chi connectivity index (χ0) is 18.8. The first-order valence-electron chi connectivity index (χ1n) is 9.52. The summed E-state index contributed by atoms with van der Waals surface area (Å²) < 4.78 is 10.5. The Morgan fingerprint density at radius 1 is 1.27 bits per heavy atom. The molecular formula is C19H31N3O4. The maximum absolute atomic E-state index is 12.6. The summed E-state index contributed by atoms with van der Waals surface area (Å²) in [7, 11) is 0. The fourth-order valence-electron chi connectivity index (χ4n) is 3.04. The van der Waals surface area contributed by atoms with E-state index in [4.69, 9.17) is 9.15 Å². The fourth-order valence-corrected chi connectivity index (χ4v) is 3.04. The van der Waals surface area contributed by atoms with Crippen LogP contribution in [-0.4, -0.2) is 74.1 Å². The Morgan fingerprint density at radius 2 is 2.04 bits per heavy atom. The van der Waals surface area contributed by atoms with E-state index in [1.54, 1.807) is 17.9 Å². The van der Waals surface area contributed by atoms with Crippen LogP contribution in [0.25, 0.3) is 0 Å². The molecule has 2 amide bonds. The van der Waals surface area contributed by atoms with Crippen LogP contribution in [0.4, 0.5) is 0 Å². The van der Waals surface area contributed by atoms with Gasteiger partial charge in [-0.1, -0.05) is 6.92 Å². The van der Waals surface area contributed by atoms with Gasteiger partial charge >= 0.3 is 0 Å². The average molecular weight is 365 g/mol. The van der Waals surface area contributed by atoms with E-state index < -0.39 is 0 Å². The highest BCUT2D eigenvalue weighted by Gasteiger charge is 2.19. The maximum Gasteiger partial charge on any atom is 0.257 e. The number of hydrogen-bond donors (Lipinski definition) is 1. The zero-order valence-electron chi connectivity index (χ0n) is 16.0. The van der Waals surface area contributed by atoms with Crippen molar-refractivity contribution in [2.45, 2.75) is 33.1 Å². The third kappa shape index (κ3) is 6.46. The number of morpholine rings is 1. The minimum absolute atomic E-state index is 0.00945. The number of amides is 2. The number of carbonyl (C=O) groups is 2. The molecule has 0 aliphatic carbocycles. The van der Waals surface area contributed by atoms with Crippen molar-refractivity contribution in [3.05, 3.63) is 23.7 Å². The molecule has 1 aliphatic rings. The highest BCUT2D eigenvalue weighted by molar-refractivity contribution is 5.95.